The Hall–Kier alpha value is -2.89. The van der Waals surface area contributed by atoms with Crippen LogP contribution in [0.3, 0.4) is 0 Å². The Morgan fingerprint density at radius 3 is 2.61 bits per heavy atom. The fourth-order valence-corrected chi connectivity index (χ4v) is 1.71. The first-order chi connectivity index (χ1) is 11.0. The van der Waals surface area contributed by atoms with Gasteiger partial charge in [0.2, 0.25) is 5.91 Å². The van der Waals surface area contributed by atoms with Gasteiger partial charge in [-0.2, -0.15) is 0 Å². The number of esters is 1. The molecule has 0 aliphatic heterocycles. The predicted molar refractivity (Wildman–Crippen MR) is 86.8 cm³/mol. The largest absolute Gasteiger partial charge is 0.423 e. The van der Waals surface area contributed by atoms with E-state index in [4.69, 9.17) is 10.5 Å². The van der Waals surface area contributed by atoms with Gasteiger partial charge in [0.1, 0.15) is 5.75 Å². The average molecular weight is 316 g/mol. The molecule has 0 saturated carbocycles. The maximum atomic E-state index is 11.8. The van der Waals surface area contributed by atoms with E-state index in [1.807, 2.05) is 19.9 Å². The molecular weight excluding hydrogens is 296 g/mol. The number of nitrogens with one attached hydrogen (secondary N) is 1. The van der Waals surface area contributed by atoms with Crippen LogP contribution in [-0.2, 0) is 9.59 Å². The first kappa shape index (κ1) is 18.2. The lowest BCUT2D eigenvalue weighted by molar-refractivity contribution is -0.129. The smallest absolute Gasteiger partial charge is 0.336 e. The predicted octanol–water partition coefficient (Wildman–Crippen LogP) is 1.72. The van der Waals surface area contributed by atoms with Gasteiger partial charge < -0.3 is 15.8 Å². The number of rotatable bonds is 7. The fraction of sp³-hybridized carbons (Fsp3) is 0.235. The van der Waals surface area contributed by atoms with Gasteiger partial charge in [0.15, 0.2) is 0 Å². The second-order valence-electron chi connectivity index (χ2n) is 4.65. The summed E-state index contributed by atoms with van der Waals surface area (Å²) in [5.41, 5.74) is 6.24. The van der Waals surface area contributed by atoms with Crippen molar-refractivity contribution >= 4 is 17.8 Å². The van der Waals surface area contributed by atoms with Gasteiger partial charge in [-0.15, -0.1) is 0 Å². The first-order valence-electron chi connectivity index (χ1n) is 7.18. The van der Waals surface area contributed by atoms with Crippen LogP contribution in [0.15, 0.2) is 48.1 Å². The Bertz CT molecular complexity index is 648. The molecule has 3 N–H and O–H groups in total. The van der Waals surface area contributed by atoms with Crippen molar-refractivity contribution in [3.8, 4) is 5.75 Å². The molecule has 2 amide bonds. The molecule has 1 aromatic rings. The number of nitrogens with two attached hydrogens (primary N) is 1. The van der Waals surface area contributed by atoms with Gasteiger partial charge in [0.25, 0.3) is 5.91 Å². The van der Waals surface area contributed by atoms with E-state index < -0.39 is 17.8 Å². The van der Waals surface area contributed by atoms with Gasteiger partial charge in [-0.1, -0.05) is 30.7 Å². The second kappa shape index (κ2) is 9.19. The van der Waals surface area contributed by atoms with Crippen LogP contribution in [0.4, 0.5) is 0 Å². The molecule has 6 nitrogen and oxygen atoms in total. The SMILES string of the molecule is CC=C(C=CC(=O)Oc1cccc(C(=O)NCC(N)=O)c1)CC. The van der Waals surface area contributed by atoms with Gasteiger partial charge >= 0.3 is 5.97 Å². The minimum atomic E-state index is -0.637. The van der Waals surface area contributed by atoms with Gasteiger partial charge in [-0.3, -0.25) is 9.59 Å². The molecular formula is C17H20N2O4. The van der Waals surface area contributed by atoms with Crippen LogP contribution in [0.5, 0.6) is 5.75 Å². The van der Waals surface area contributed by atoms with E-state index >= 15 is 0 Å². The number of ether oxygens (including phenoxy) is 1. The maximum Gasteiger partial charge on any atom is 0.336 e. The summed E-state index contributed by atoms with van der Waals surface area (Å²) in [6, 6.07) is 6.10. The molecule has 0 aliphatic carbocycles. The van der Waals surface area contributed by atoms with E-state index in [0.717, 1.165) is 12.0 Å². The van der Waals surface area contributed by atoms with E-state index in [1.165, 1.54) is 12.1 Å². The lowest BCUT2D eigenvalue weighted by atomic mass is 10.2. The highest BCUT2D eigenvalue weighted by molar-refractivity contribution is 5.96. The number of primary amides is 1. The molecule has 0 fully saturated rings. The second-order valence-corrected chi connectivity index (χ2v) is 4.65. The van der Waals surface area contributed by atoms with Crippen molar-refractivity contribution in [2.24, 2.45) is 5.73 Å². The summed E-state index contributed by atoms with van der Waals surface area (Å²) in [6.07, 6.45) is 5.74. The molecule has 0 saturated heterocycles. The van der Waals surface area contributed by atoms with Crippen molar-refractivity contribution < 1.29 is 19.1 Å². The lowest BCUT2D eigenvalue weighted by Crippen LogP contribution is -2.33. The Kier molecular flexibility index (Phi) is 7.26. The Labute approximate surface area is 135 Å². The first-order valence-corrected chi connectivity index (χ1v) is 7.18. The summed E-state index contributed by atoms with van der Waals surface area (Å²) in [4.78, 5) is 34.2. The van der Waals surface area contributed by atoms with E-state index in [1.54, 1.807) is 24.3 Å². The molecule has 122 valence electrons. The molecule has 0 atom stereocenters. The number of carbonyl (C=O) groups excluding carboxylic acids is 3. The fourth-order valence-electron chi connectivity index (χ4n) is 1.71. The molecule has 0 aromatic heterocycles. The zero-order valence-corrected chi connectivity index (χ0v) is 13.2. The van der Waals surface area contributed by atoms with Crippen LogP contribution in [-0.4, -0.2) is 24.3 Å². The summed E-state index contributed by atoms with van der Waals surface area (Å²) in [7, 11) is 0. The quantitative estimate of drug-likeness (QED) is 0.346. The standard InChI is InChI=1S/C17H20N2O4/c1-3-12(4-2)8-9-16(21)23-14-7-5-6-13(10-14)17(22)19-11-15(18)20/h3,5-10H,4,11H2,1-2H3,(H2,18,20)(H,19,22). The molecule has 0 aliphatic rings. The molecule has 0 bridgehead atoms. The summed E-state index contributed by atoms with van der Waals surface area (Å²) in [6.45, 7) is 3.62. The summed E-state index contributed by atoms with van der Waals surface area (Å²) < 4.78 is 5.15. The third-order valence-corrected chi connectivity index (χ3v) is 2.95. The third-order valence-electron chi connectivity index (χ3n) is 2.95. The summed E-state index contributed by atoms with van der Waals surface area (Å²) >= 11 is 0. The summed E-state index contributed by atoms with van der Waals surface area (Å²) in [5, 5.41) is 2.36. The van der Waals surface area contributed by atoms with Crippen LogP contribution in [0.25, 0.3) is 0 Å². The normalized spacial score (nSPS) is 11.3. The molecule has 6 heteroatoms. The highest BCUT2D eigenvalue weighted by atomic mass is 16.5. The number of amides is 2. The molecule has 0 spiro atoms. The van der Waals surface area contributed by atoms with Gasteiger partial charge in [0, 0.05) is 11.6 Å². The molecule has 23 heavy (non-hydrogen) atoms. The van der Waals surface area contributed by atoms with Crippen LogP contribution in [0.1, 0.15) is 30.6 Å². The molecule has 1 aromatic carbocycles. The lowest BCUT2D eigenvalue weighted by Gasteiger charge is -2.05. The highest BCUT2D eigenvalue weighted by Crippen LogP contribution is 2.14. The van der Waals surface area contributed by atoms with Crippen LogP contribution < -0.4 is 15.8 Å². The van der Waals surface area contributed by atoms with Crippen molar-refractivity contribution in [3.63, 3.8) is 0 Å². The minimum absolute atomic E-state index is 0.241. The van der Waals surface area contributed by atoms with Crippen molar-refractivity contribution in [1.82, 2.24) is 5.32 Å². The number of allylic oxidation sites excluding steroid dienone is 3. The van der Waals surface area contributed by atoms with Gasteiger partial charge in [-0.25, -0.2) is 4.79 Å². The number of hydrogen-bond acceptors (Lipinski definition) is 4. The molecule has 0 heterocycles. The van der Waals surface area contributed by atoms with Crippen LogP contribution in [0, 0.1) is 0 Å². The topological polar surface area (TPSA) is 98.5 Å². The zero-order valence-electron chi connectivity index (χ0n) is 13.2. The molecule has 0 radical (unpaired) electrons. The minimum Gasteiger partial charge on any atom is -0.423 e. The van der Waals surface area contributed by atoms with Crippen molar-refractivity contribution in [3.05, 3.63) is 53.6 Å². The van der Waals surface area contributed by atoms with E-state index in [2.05, 4.69) is 5.32 Å². The third kappa shape index (κ3) is 6.60. The van der Waals surface area contributed by atoms with Gasteiger partial charge in [0.05, 0.1) is 6.54 Å². The molecule has 1 rings (SSSR count). The average Bonchev–Trinajstić information content (AvgIpc) is 2.53. The van der Waals surface area contributed by atoms with Crippen LogP contribution >= 0.6 is 0 Å². The van der Waals surface area contributed by atoms with Gasteiger partial charge in [-0.05, 0) is 31.5 Å². The van der Waals surface area contributed by atoms with Crippen molar-refractivity contribution in [2.75, 3.05) is 6.54 Å². The maximum absolute atomic E-state index is 11.8. The van der Waals surface area contributed by atoms with Crippen LogP contribution in [0.2, 0.25) is 0 Å². The van der Waals surface area contributed by atoms with Crippen molar-refractivity contribution in [2.45, 2.75) is 20.3 Å². The van der Waals surface area contributed by atoms with E-state index in [9.17, 15) is 14.4 Å². The number of carbonyl (C=O) groups is 3. The van der Waals surface area contributed by atoms with Crippen molar-refractivity contribution in [1.29, 1.82) is 0 Å². The monoisotopic (exact) mass is 316 g/mol. The zero-order chi connectivity index (χ0) is 17.2. The Balaban J connectivity index is 2.71. The Morgan fingerprint density at radius 2 is 2.00 bits per heavy atom. The number of hydrogen-bond donors (Lipinski definition) is 2. The Morgan fingerprint density at radius 1 is 1.26 bits per heavy atom. The van der Waals surface area contributed by atoms with E-state index in [0.29, 0.717) is 0 Å². The highest BCUT2D eigenvalue weighted by Gasteiger charge is 2.08. The number of benzene rings is 1. The summed E-state index contributed by atoms with van der Waals surface area (Å²) in [5.74, 6) is -1.40. The molecule has 0 unspecified atom stereocenters. The van der Waals surface area contributed by atoms with E-state index in [-0.39, 0.29) is 17.9 Å².